The summed E-state index contributed by atoms with van der Waals surface area (Å²) in [6.07, 6.45) is 3.97. The molecule has 4 heteroatoms. The molecule has 0 fully saturated rings. The van der Waals surface area contributed by atoms with E-state index in [0.717, 1.165) is 18.5 Å². The fourth-order valence-electron chi connectivity index (χ4n) is 1.76. The summed E-state index contributed by atoms with van der Waals surface area (Å²) in [4.78, 5) is 4.28. The molecule has 0 aliphatic carbocycles. The maximum Gasteiger partial charge on any atom is 0.0775 e. The van der Waals surface area contributed by atoms with Crippen LogP contribution in [0.3, 0.4) is 0 Å². The van der Waals surface area contributed by atoms with E-state index in [4.69, 9.17) is 17.4 Å². The number of hydrazine groups is 1. The molecule has 2 atom stereocenters. The van der Waals surface area contributed by atoms with Gasteiger partial charge in [0.05, 0.1) is 16.8 Å². The second kappa shape index (κ2) is 6.05. The van der Waals surface area contributed by atoms with E-state index in [0.29, 0.717) is 10.9 Å². The summed E-state index contributed by atoms with van der Waals surface area (Å²) < 4.78 is 0. The van der Waals surface area contributed by atoms with Crippen molar-refractivity contribution in [1.29, 1.82) is 0 Å². The van der Waals surface area contributed by atoms with E-state index in [-0.39, 0.29) is 6.04 Å². The minimum Gasteiger partial charge on any atom is -0.271 e. The van der Waals surface area contributed by atoms with E-state index in [9.17, 15) is 0 Å². The minimum absolute atomic E-state index is 0.0265. The molecule has 1 rings (SSSR count). The zero-order valence-corrected chi connectivity index (χ0v) is 9.96. The second-order valence-electron chi connectivity index (χ2n) is 3.78. The number of hydrogen-bond acceptors (Lipinski definition) is 3. The summed E-state index contributed by atoms with van der Waals surface area (Å²) in [7, 11) is 0. The molecule has 0 saturated heterocycles. The molecule has 0 bridgehead atoms. The fourth-order valence-corrected chi connectivity index (χ4v) is 2.00. The van der Waals surface area contributed by atoms with Crippen LogP contribution in [0.25, 0.3) is 0 Å². The molecule has 15 heavy (non-hydrogen) atoms. The van der Waals surface area contributed by atoms with Crippen LogP contribution < -0.4 is 11.3 Å². The molecule has 0 aromatic carbocycles. The monoisotopic (exact) mass is 227 g/mol. The lowest BCUT2D eigenvalue weighted by atomic mass is 9.94. The van der Waals surface area contributed by atoms with Crippen molar-refractivity contribution in [3.05, 3.63) is 29.0 Å². The van der Waals surface area contributed by atoms with Crippen molar-refractivity contribution in [2.45, 2.75) is 32.7 Å². The number of nitrogens with two attached hydrogens (primary N) is 1. The molecule has 84 valence electrons. The largest absolute Gasteiger partial charge is 0.271 e. The molecular formula is C11H18ClN3. The van der Waals surface area contributed by atoms with Crippen LogP contribution in [0.2, 0.25) is 5.02 Å². The maximum absolute atomic E-state index is 6.08. The Morgan fingerprint density at radius 1 is 1.60 bits per heavy atom. The topological polar surface area (TPSA) is 50.9 Å². The number of pyridine rings is 1. The van der Waals surface area contributed by atoms with Crippen molar-refractivity contribution in [3.8, 4) is 0 Å². The molecule has 0 amide bonds. The molecule has 1 aromatic heterocycles. The number of rotatable bonds is 5. The first kappa shape index (κ1) is 12.4. The van der Waals surface area contributed by atoms with E-state index < -0.39 is 0 Å². The number of nitrogens with one attached hydrogen (secondary N) is 1. The van der Waals surface area contributed by atoms with Crippen LogP contribution >= 0.6 is 11.6 Å². The van der Waals surface area contributed by atoms with Gasteiger partial charge < -0.3 is 0 Å². The summed E-state index contributed by atoms with van der Waals surface area (Å²) in [6, 6.07) is 3.69. The Labute approximate surface area is 96.0 Å². The Balaban J connectivity index is 2.87. The van der Waals surface area contributed by atoms with Crippen LogP contribution in [0.1, 0.15) is 38.4 Å². The van der Waals surface area contributed by atoms with Crippen LogP contribution in [-0.2, 0) is 0 Å². The molecule has 2 unspecified atom stereocenters. The lowest BCUT2D eigenvalue weighted by Gasteiger charge is -2.23. The van der Waals surface area contributed by atoms with Gasteiger partial charge in [-0.15, -0.1) is 0 Å². The third-order valence-electron chi connectivity index (χ3n) is 2.57. The number of hydrogen-bond donors (Lipinski definition) is 2. The van der Waals surface area contributed by atoms with Gasteiger partial charge in [0, 0.05) is 6.20 Å². The molecule has 1 aromatic rings. The number of aromatic nitrogens is 1. The molecule has 0 spiro atoms. The van der Waals surface area contributed by atoms with Crippen molar-refractivity contribution >= 4 is 11.6 Å². The van der Waals surface area contributed by atoms with Crippen LogP contribution in [0.4, 0.5) is 0 Å². The van der Waals surface area contributed by atoms with Gasteiger partial charge in [-0.05, 0) is 24.5 Å². The van der Waals surface area contributed by atoms with E-state index in [1.165, 1.54) is 0 Å². The first-order valence-electron chi connectivity index (χ1n) is 5.27. The van der Waals surface area contributed by atoms with Crippen molar-refractivity contribution < 1.29 is 0 Å². The van der Waals surface area contributed by atoms with Crippen molar-refractivity contribution in [2.24, 2.45) is 11.8 Å². The lowest BCUT2D eigenvalue weighted by Crippen LogP contribution is -2.33. The Hall–Kier alpha value is -0.640. The van der Waals surface area contributed by atoms with Crippen LogP contribution in [-0.4, -0.2) is 4.98 Å². The van der Waals surface area contributed by atoms with E-state index in [2.05, 4.69) is 24.3 Å². The van der Waals surface area contributed by atoms with Crippen LogP contribution in [0.15, 0.2) is 18.3 Å². The fraction of sp³-hybridized carbons (Fsp3) is 0.545. The van der Waals surface area contributed by atoms with E-state index in [1.807, 2.05) is 12.1 Å². The van der Waals surface area contributed by atoms with Crippen molar-refractivity contribution in [1.82, 2.24) is 10.4 Å². The summed E-state index contributed by atoms with van der Waals surface area (Å²) in [5.74, 6) is 5.98. The Morgan fingerprint density at radius 2 is 2.33 bits per heavy atom. The summed E-state index contributed by atoms with van der Waals surface area (Å²) in [6.45, 7) is 4.31. The van der Waals surface area contributed by atoms with Gasteiger partial charge in [0.1, 0.15) is 0 Å². The second-order valence-corrected chi connectivity index (χ2v) is 4.19. The van der Waals surface area contributed by atoms with Gasteiger partial charge >= 0.3 is 0 Å². The van der Waals surface area contributed by atoms with E-state index >= 15 is 0 Å². The molecule has 1 heterocycles. The molecule has 3 N–H and O–H groups in total. The third-order valence-corrected chi connectivity index (χ3v) is 2.89. The molecule has 0 aliphatic heterocycles. The number of halogens is 1. The first-order valence-corrected chi connectivity index (χ1v) is 5.65. The lowest BCUT2D eigenvalue weighted by molar-refractivity contribution is 0.361. The zero-order valence-electron chi connectivity index (χ0n) is 9.20. The summed E-state index contributed by atoms with van der Waals surface area (Å²) >= 11 is 6.08. The predicted molar refractivity (Wildman–Crippen MR) is 63.4 cm³/mol. The quantitative estimate of drug-likeness (QED) is 0.601. The SMILES string of the molecule is CCCC(C)C(NN)c1ncccc1Cl. The minimum atomic E-state index is 0.0265. The van der Waals surface area contributed by atoms with Gasteiger partial charge in [-0.25, -0.2) is 0 Å². The number of nitrogens with zero attached hydrogens (tertiary/aromatic N) is 1. The Bertz CT molecular complexity index is 304. The van der Waals surface area contributed by atoms with Crippen LogP contribution in [0.5, 0.6) is 0 Å². The summed E-state index contributed by atoms with van der Waals surface area (Å²) in [5, 5.41) is 0.670. The molecule has 0 aliphatic rings. The average Bonchev–Trinajstić information content (AvgIpc) is 2.22. The highest BCUT2D eigenvalue weighted by atomic mass is 35.5. The molecule has 0 saturated carbocycles. The Kier molecular flexibility index (Phi) is 5.02. The average molecular weight is 228 g/mol. The Morgan fingerprint density at radius 3 is 2.87 bits per heavy atom. The maximum atomic E-state index is 6.08. The van der Waals surface area contributed by atoms with E-state index in [1.54, 1.807) is 6.20 Å². The van der Waals surface area contributed by atoms with Gasteiger partial charge in [0.2, 0.25) is 0 Å². The van der Waals surface area contributed by atoms with Gasteiger partial charge in [-0.2, -0.15) is 0 Å². The molecular weight excluding hydrogens is 210 g/mol. The smallest absolute Gasteiger partial charge is 0.0775 e. The first-order chi connectivity index (χ1) is 7.20. The molecule has 0 radical (unpaired) electrons. The zero-order chi connectivity index (χ0) is 11.3. The van der Waals surface area contributed by atoms with Gasteiger partial charge in [0.15, 0.2) is 0 Å². The van der Waals surface area contributed by atoms with Crippen molar-refractivity contribution in [2.75, 3.05) is 0 Å². The normalized spacial score (nSPS) is 14.9. The molecule has 3 nitrogen and oxygen atoms in total. The summed E-state index contributed by atoms with van der Waals surface area (Å²) in [5.41, 5.74) is 3.63. The highest BCUT2D eigenvalue weighted by molar-refractivity contribution is 6.31. The van der Waals surface area contributed by atoms with Crippen LogP contribution in [0, 0.1) is 5.92 Å². The standard InChI is InChI=1S/C11H18ClN3/c1-3-5-8(2)10(15-13)11-9(12)6-4-7-14-11/h4,6-8,10,15H,3,5,13H2,1-2H3. The van der Waals surface area contributed by atoms with Gasteiger partial charge in [0.25, 0.3) is 0 Å². The predicted octanol–water partition coefficient (Wildman–Crippen LogP) is 2.68. The third kappa shape index (κ3) is 3.16. The van der Waals surface area contributed by atoms with Gasteiger partial charge in [-0.3, -0.25) is 16.3 Å². The van der Waals surface area contributed by atoms with Crippen molar-refractivity contribution in [3.63, 3.8) is 0 Å². The highest BCUT2D eigenvalue weighted by Crippen LogP contribution is 2.27. The van der Waals surface area contributed by atoms with Gasteiger partial charge in [-0.1, -0.05) is 31.9 Å². The highest BCUT2D eigenvalue weighted by Gasteiger charge is 2.20.